The number of nitrogen functional groups attached to an aromatic ring is 1. The molecule has 0 saturated carbocycles. The number of aromatic carboxylic acids is 1. The van der Waals surface area contributed by atoms with Crippen LogP contribution in [0.1, 0.15) is 16.8 Å². The van der Waals surface area contributed by atoms with Crippen LogP contribution < -0.4 is 16.0 Å². The summed E-state index contributed by atoms with van der Waals surface area (Å²) in [6.07, 6.45) is 0.355. The Bertz CT molecular complexity index is 487. The van der Waals surface area contributed by atoms with E-state index in [9.17, 15) is 9.59 Å². The summed E-state index contributed by atoms with van der Waals surface area (Å²) in [5.74, 6) is -1.01. The lowest BCUT2D eigenvalue weighted by atomic mass is 10.1. The van der Waals surface area contributed by atoms with Crippen molar-refractivity contribution >= 4 is 23.3 Å². The number of rotatable bonds is 2. The van der Waals surface area contributed by atoms with Gasteiger partial charge < -0.3 is 21.1 Å². The van der Waals surface area contributed by atoms with Crippen LogP contribution in [0, 0.1) is 0 Å². The maximum absolute atomic E-state index is 11.3. The minimum absolute atomic E-state index is 0.0155. The van der Waals surface area contributed by atoms with Crippen molar-refractivity contribution in [1.82, 2.24) is 5.32 Å². The highest BCUT2D eigenvalue weighted by atomic mass is 16.4. The van der Waals surface area contributed by atoms with Crippen molar-refractivity contribution in [3.63, 3.8) is 0 Å². The molecule has 1 aliphatic rings. The normalized spacial score (nSPS) is 16.0. The molecule has 0 atom stereocenters. The van der Waals surface area contributed by atoms with Gasteiger partial charge >= 0.3 is 5.97 Å². The van der Waals surface area contributed by atoms with Crippen molar-refractivity contribution < 1.29 is 14.7 Å². The van der Waals surface area contributed by atoms with Gasteiger partial charge in [0.1, 0.15) is 0 Å². The van der Waals surface area contributed by atoms with Gasteiger partial charge in [-0.15, -0.1) is 0 Å². The van der Waals surface area contributed by atoms with E-state index < -0.39 is 5.97 Å². The lowest BCUT2D eigenvalue weighted by molar-refractivity contribution is -0.120. The van der Waals surface area contributed by atoms with Gasteiger partial charge in [-0.2, -0.15) is 0 Å². The Kier molecular flexibility index (Phi) is 3.36. The first kappa shape index (κ1) is 12.2. The van der Waals surface area contributed by atoms with Crippen LogP contribution in [0.5, 0.6) is 0 Å². The van der Waals surface area contributed by atoms with Gasteiger partial charge in [0.05, 0.1) is 11.3 Å². The predicted octanol–water partition coefficient (Wildman–Crippen LogP) is 0.293. The number of anilines is 2. The lowest BCUT2D eigenvalue weighted by Gasteiger charge is -2.23. The molecular weight excluding hydrogens is 234 g/mol. The van der Waals surface area contributed by atoms with E-state index in [1.165, 1.54) is 6.07 Å². The molecule has 96 valence electrons. The highest BCUT2D eigenvalue weighted by Crippen LogP contribution is 2.24. The number of nitrogens with two attached hydrogens (primary N) is 1. The summed E-state index contributed by atoms with van der Waals surface area (Å²) in [5.41, 5.74) is 6.99. The fourth-order valence-electron chi connectivity index (χ4n) is 2.00. The first-order chi connectivity index (χ1) is 8.58. The van der Waals surface area contributed by atoms with Gasteiger partial charge in [-0.25, -0.2) is 4.79 Å². The van der Waals surface area contributed by atoms with Gasteiger partial charge in [0.2, 0.25) is 5.91 Å². The molecule has 0 spiro atoms. The van der Waals surface area contributed by atoms with Crippen molar-refractivity contribution in [2.75, 3.05) is 30.3 Å². The molecule has 4 N–H and O–H groups in total. The molecule has 18 heavy (non-hydrogen) atoms. The smallest absolute Gasteiger partial charge is 0.337 e. The zero-order chi connectivity index (χ0) is 13.1. The third-order valence-electron chi connectivity index (χ3n) is 2.91. The summed E-state index contributed by atoms with van der Waals surface area (Å²) in [5, 5.41) is 11.9. The average molecular weight is 249 g/mol. The van der Waals surface area contributed by atoms with Crippen LogP contribution in [0.4, 0.5) is 11.4 Å². The van der Waals surface area contributed by atoms with E-state index >= 15 is 0 Å². The first-order valence-corrected chi connectivity index (χ1v) is 5.72. The van der Waals surface area contributed by atoms with E-state index in [1.807, 2.05) is 4.90 Å². The molecule has 1 amide bonds. The molecular formula is C12H15N3O3. The number of hydrogen-bond acceptors (Lipinski definition) is 4. The highest BCUT2D eigenvalue weighted by molar-refractivity contribution is 5.95. The molecule has 6 nitrogen and oxygen atoms in total. The standard InChI is InChI=1S/C12H15N3O3/c13-8-1-2-9(12(17)18)10(7-8)15-5-3-11(16)14-4-6-15/h1-2,7H,3-6,13H2,(H,14,16)(H,17,18). The molecule has 1 aromatic carbocycles. The SMILES string of the molecule is Nc1ccc(C(=O)O)c(N2CCNC(=O)CC2)c1. The Morgan fingerprint density at radius 3 is 2.89 bits per heavy atom. The number of hydrogen-bond donors (Lipinski definition) is 3. The summed E-state index contributed by atoms with van der Waals surface area (Å²) in [7, 11) is 0. The minimum atomic E-state index is -0.992. The van der Waals surface area contributed by atoms with Gasteiger partial charge in [0, 0.05) is 31.7 Å². The second-order valence-electron chi connectivity index (χ2n) is 4.17. The van der Waals surface area contributed by atoms with Crippen LogP contribution in [0.2, 0.25) is 0 Å². The summed E-state index contributed by atoms with van der Waals surface area (Å²) in [6.45, 7) is 1.58. The number of nitrogens with zero attached hydrogens (tertiary/aromatic N) is 1. The van der Waals surface area contributed by atoms with Crippen molar-refractivity contribution in [3.8, 4) is 0 Å². The van der Waals surface area contributed by atoms with Crippen molar-refractivity contribution in [1.29, 1.82) is 0 Å². The van der Waals surface area contributed by atoms with E-state index in [-0.39, 0.29) is 11.5 Å². The van der Waals surface area contributed by atoms with E-state index in [1.54, 1.807) is 12.1 Å². The molecule has 6 heteroatoms. The van der Waals surface area contributed by atoms with Crippen LogP contribution in [-0.4, -0.2) is 36.6 Å². The maximum Gasteiger partial charge on any atom is 0.337 e. The lowest BCUT2D eigenvalue weighted by Crippen LogP contribution is -2.29. The van der Waals surface area contributed by atoms with Gasteiger partial charge in [-0.1, -0.05) is 0 Å². The van der Waals surface area contributed by atoms with Crippen molar-refractivity contribution in [2.45, 2.75) is 6.42 Å². The number of carboxylic acids is 1. The number of amides is 1. The van der Waals surface area contributed by atoms with Crippen LogP contribution in [0.3, 0.4) is 0 Å². The number of carbonyl (C=O) groups is 2. The van der Waals surface area contributed by atoms with Gasteiger partial charge in [-0.05, 0) is 18.2 Å². The Balaban J connectivity index is 2.33. The molecule has 1 fully saturated rings. The molecule has 0 aliphatic carbocycles. The second-order valence-corrected chi connectivity index (χ2v) is 4.17. The van der Waals surface area contributed by atoms with Crippen molar-refractivity contribution in [3.05, 3.63) is 23.8 Å². The summed E-state index contributed by atoms with van der Waals surface area (Å²) < 4.78 is 0. The van der Waals surface area contributed by atoms with Crippen LogP contribution in [0.25, 0.3) is 0 Å². The molecule has 0 radical (unpaired) electrons. The topological polar surface area (TPSA) is 95.7 Å². The molecule has 1 aliphatic heterocycles. The summed E-state index contributed by atoms with van der Waals surface area (Å²) in [6, 6.07) is 4.70. The molecule has 0 aromatic heterocycles. The van der Waals surface area contributed by atoms with Crippen LogP contribution in [-0.2, 0) is 4.79 Å². The third-order valence-corrected chi connectivity index (χ3v) is 2.91. The van der Waals surface area contributed by atoms with E-state index in [0.717, 1.165) is 0 Å². The zero-order valence-electron chi connectivity index (χ0n) is 9.85. The van der Waals surface area contributed by atoms with Gasteiger partial charge in [0.25, 0.3) is 0 Å². The highest BCUT2D eigenvalue weighted by Gasteiger charge is 2.19. The Morgan fingerprint density at radius 2 is 2.17 bits per heavy atom. The monoisotopic (exact) mass is 249 g/mol. The van der Waals surface area contributed by atoms with E-state index in [0.29, 0.717) is 37.4 Å². The number of carbonyl (C=O) groups excluding carboxylic acids is 1. The predicted molar refractivity (Wildman–Crippen MR) is 67.7 cm³/mol. The largest absolute Gasteiger partial charge is 0.478 e. The quantitative estimate of drug-likeness (QED) is 0.655. The van der Waals surface area contributed by atoms with E-state index in [4.69, 9.17) is 10.8 Å². The van der Waals surface area contributed by atoms with Gasteiger partial charge in [-0.3, -0.25) is 4.79 Å². The molecule has 1 saturated heterocycles. The maximum atomic E-state index is 11.3. The number of nitrogens with one attached hydrogen (secondary N) is 1. The minimum Gasteiger partial charge on any atom is -0.478 e. The molecule has 1 aromatic rings. The number of carboxylic acid groups (broad SMARTS) is 1. The van der Waals surface area contributed by atoms with E-state index in [2.05, 4.69) is 5.32 Å². The average Bonchev–Trinajstić information content (AvgIpc) is 2.53. The van der Waals surface area contributed by atoms with Crippen LogP contribution in [0.15, 0.2) is 18.2 Å². The molecule has 2 rings (SSSR count). The number of benzene rings is 1. The Labute approximate surface area is 104 Å². The second kappa shape index (κ2) is 4.95. The Hall–Kier alpha value is -2.24. The summed E-state index contributed by atoms with van der Waals surface area (Å²) in [4.78, 5) is 24.3. The van der Waals surface area contributed by atoms with Crippen LogP contribution >= 0.6 is 0 Å². The molecule has 0 bridgehead atoms. The fourth-order valence-corrected chi connectivity index (χ4v) is 2.00. The zero-order valence-corrected chi connectivity index (χ0v) is 9.85. The molecule has 0 unspecified atom stereocenters. The third kappa shape index (κ3) is 2.53. The molecule has 1 heterocycles. The Morgan fingerprint density at radius 1 is 1.39 bits per heavy atom. The first-order valence-electron chi connectivity index (χ1n) is 5.72. The van der Waals surface area contributed by atoms with Gasteiger partial charge in [0.15, 0.2) is 0 Å². The fraction of sp³-hybridized carbons (Fsp3) is 0.333. The summed E-state index contributed by atoms with van der Waals surface area (Å²) >= 11 is 0. The van der Waals surface area contributed by atoms with Crippen molar-refractivity contribution in [2.24, 2.45) is 0 Å².